The molecule has 1 aromatic rings. The predicted octanol–water partition coefficient (Wildman–Crippen LogP) is 0.873. The van der Waals surface area contributed by atoms with E-state index in [1.807, 2.05) is 0 Å². The number of benzene rings is 1. The molecule has 1 aromatic carbocycles. The molecule has 7 heteroatoms. The summed E-state index contributed by atoms with van der Waals surface area (Å²) in [7, 11) is 0. The lowest BCUT2D eigenvalue weighted by molar-refractivity contribution is -0.148. The fourth-order valence-corrected chi connectivity index (χ4v) is 2.03. The highest BCUT2D eigenvalue weighted by Gasteiger charge is 2.26. The van der Waals surface area contributed by atoms with Crippen LogP contribution in [0.5, 0.6) is 0 Å². The maximum absolute atomic E-state index is 12.9. The number of amides is 1. The fraction of sp³-hybridized carbons (Fsp3) is 0.429. The van der Waals surface area contributed by atoms with E-state index in [1.165, 1.54) is 24.3 Å². The van der Waals surface area contributed by atoms with Crippen molar-refractivity contribution in [1.82, 2.24) is 5.32 Å². The molecule has 1 heterocycles. The Hall–Kier alpha value is -1.99. The topological polar surface area (TPSA) is 84.9 Å². The molecular formula is C14H16FNO5. The van der Waals surface area contributed by atoms with Crippen LogP contribution in [0, 0.1) is 5.82 Å². The minimum absolute atomic E-state index is 0.134. The van der Waals surface area contributed by atoms with Crippen molar-refractivity contribution in [3.8, 4) is 0 Å². The number of hydrogen-bond donors (Lipinski definition) is 2. The number of carbonyl (C=O) groups excluding carboxylic acids is 1. The van der Waals surface area contributed by atoms with Gasteiger partial charge in [0.1, 0.15) is 5.82 Å². The van der Waals surface area contributed by atoms with E-state index >= 15 is 0 Å². The summed E-state index contributed by atoms with van der Waals surface area (Å²) < 4.78 is 23.3. The molecule has 114 valence electrons. The second kappa shape index (κ2) is 7.14. The molecule has 0 bridgehead atoms. The van der Waals surface area contributed by atoms with Crippen LogP contribution >= 0.6 is 0 Å². The van der Waals surface area contributed by atoms with Crippen molar-refractivity contribution in [1.29, 1.82) is 0 Å². The van der Waals surface area contributed by atoms with Crippen LogP contribution in [0.3, 0.4) is 0 Å². The first-order valence-corrected chi connectivity index (χ1v) is 6.53. The van der Waals surface area contributed by atoms with Gasteiger partial charge in [0.15, 0.2) is 6.10 Å². The SMILES string of the molecule is O=C(O)C[C@H](NC(=O)[C@@H]1COCCO1)c1ccc(F)cc1. The smallest absolute Gasteiger partial charge is 0.305 e. The summed E-state index contributed by atoms with van der Waals surface area (Å²) in [6.07, 6.45) is -1.05. The first kappa shape index (κ1) is 15.4. The molecule has 0 aromatic heterocycles. The lowest BCUT2D eigenvalue weighted by Gasteiger charge is -2.25. The summed E-state index contributed by atoms with van der Waals surface area (Å²) in [5.41, 5.74) is 0.517. The third-order valence-corrected chi connectivity index (χ3v) is 3.08. The molecule has 0 spiro atoms. The van der Waals surface area contributed by atoms with Crippen molar-refractivity contribution in [3.05, 3.63) is 35.6 Å². The summed E-state index contributed by atoms with van der Waals surface area (Å²) in [6.45, 7) is 0.883. The number of hydrogen-bond acceptors (Lipinski definition) is 4. The molecule has 2 rings (SSSR count). The summed E-state index contributed by atoms with van der Waals surface area (Å²) >= 11 is 0. The van der Waals surface area contributed by atoms with Gasteiger partial charge < -0.3 is 19.9 Å². The number of nitrogens with one attached hydrogen (secondary N) is 1. The third-order valence-electron chi connectivity index (χ3n) is 3.08. The Morgan fingerprint density at radius 3 is 2.62 bits per heavy atom. The molecule has 1 fully saturated rings. The zero-order valence-corrected chi connectivity index (χ0v) is 11.3. The van der Waals surface area contributed by atoms with Gasteiger partial charge in [0.05, 0.1) is 32.3 Å². The van der Waals surface area contributed by atoms with Gasteiger partial charge in [-0.15, -0.1) is 0 Å². The average molecular weight is 297 g/mol. The molecule has 2 N–H and O–H groups in total. The maximum atomic E-state index is 12.9. The van der Waals surface area contributed by atoms with Gasteiger partial charge >= 0.3 is 5.97 Å². The molecule has 6 nitrogen and oxygen atoms in total. The van der Waals surface area contributed by atoms with Gasteiger partial charge in [-0.25, -0.2) is 4.39 Å². The van der Waals surface area contributed by atoms with Crippen molar-refractivity contribution in [3.63, 3.8) is 0 Å². The number of carboxylic acid groups (broad SMARTS) is 1. The third kappa shape index (κ3) is 4.51. The van der Waals surface area contributed by atoms with E-state index in [-0.39, 0.29) is 13.0 Å². The molecule has 1 aliphatic rings. The van der Waals surface area contributed by atoms with Gasteiger partial charge in [0.2, 0.25) is 0 Å². The lowest BCUT2D eigenvalue weighted by Crippen LogP contribution is -2.44. The van der Waals surface area contributed by atoms with Crippen LogP contribution in [0.4, 0.5) is 4.39 Å². The summed E-state index contributed by atoms with van der Waals surface area (Å²) in [4.78, 5) is 23.0. The van der Waals surface area contributed by atoms with Crippen LogP contribution in [-0.4, -0.2) is 42.9 Å². The van der Waals surface area contributed by atoms with E-state index in [4.69, 9.17) is 14.6 Å². The Kier molecular flexibility index (Phi) is 5.24. The molecule has 0 unspecified atom stereocenters. The standard InChI is InChI=1S/C14H16FNO5/c15-10-3-1-9(2-4-10)11(7-13(17)18)16-14(19)12-8-20-5-6-21-12/h1-4,11-12H,5-8H2,(H,16,19)(H,17,18)/t11-,12-/m0/s1. The molecule has 21 heavy (non-hydrogen) atoms. The molecular weight excluding hydrogens is 281 g/mol. The highest BCUT2D eigenvalue weighted by molar-refractivity contribution is 5.82. The average Bonchev–Trinajstić information content (AvgIpc) is 2.48. The molecule has 2 atom stereocenters. The molecule has 0 aliphatic carbocycles. The number of ether oxygens (including phenoxy) is 2. The Morgan fingerprint density at radius 2 is 2.05 bits per heavy atom. The van der Waals surface area contributed by atoms with Crippen molar-refractivity contribution in [2.75, 3.05) is 19.8 Å². The molecule has 0 saturated carbocycles. The Balaban J connectivity index is 2.06. The van der Waals surface area contributed by atoms with Crippen LogP contribution in [-0.2, 0) is 19.1 Å². The van der Waals surface area contributed by atoms with Crippen molar-refractivity contribution < 1.29 is 28.6 Å². The number of aliphatic carboxylic acids is 1. The normalized spacial score (nSPS) is 19.8. The van der Waals surface area contributed by atoms with Gasteiger partial charge in [-0.2, -0.15) is 0 Å². The highest BCUT2D eigenvalue weighted by Crippen LogP contribution is 2.18. The van der Waals surface area contributed by atoms with E-state index in [0.717, 1.165) is 0 Å². The first-order valence-electron chi connectivity index (χ1n) is 6.53. The molecule has 1 aliphatic heterocycles. The summed E-state index contributed by atoms with van der Waals surface area (Å²) in [6, 6.07) is 4.58. The van der Waals surface area contributed by atoms with Gasteiger partial charge in [-0.3, -0.25) is 9.59 Å². The van der Waals surface area contributed by atoms with E-state index in [9.17, 15) is 14.0 Å². The van der Waals surface area contributed by atoms with Crippen LogP contribution in [0.15, 0.2) is 24.3 Å². The Bertz CT molecular complexity index is 499. The number of carboxylic acids is 1. The van der Waals surface area contributed by atoms with Gasteiger partial charge in [-0.05, 0) is 17.7 Å². The molecule has 1 saturated heterocycles. The van der Waals surface area contributed by atoms with Crippen LogP contribution in [0.2, 0.25) is 0 Å². The quantitative estimate of drug-likeness (QED) is 0.842. The zero-order valence-electron chi connectivity index (χ0n) is 11.3. The van der Waals surface area contributed by atoms with Crippen molar-refractivity contribution >= 4 is 11.9 Å². The number of rotatable bonds is 5. The van der Waals surface area contributed by atoms with Crippen LogP contribution < -0.4 is 5.32 Å². The first-order chi connectivity index (χ1) is 10.1. The Labute approximate surface area is 120 Å². The van der Waals surface area contributed by atoms with E-state index in [1.54, 1.807) is 0 Å². The Morgan fingerprint density at radius 1 is 1.33 bits per heavy atom. The largest absolute Gasteiger partial charge is 0.481 e. The lowest BCUT2D eigenvalue weighted by atomic mass is 10.0. The van der Waals surface area contributed by atoms with Crippen LogP contribution in [0.25, 0.3) is 0 Å². The summed E-state index contributed by atoms with van der Waals surface area (Å²) in [5.74, 6) is -1.93. The van der Waals surface area contributed by atoms with E-state index in [0.29, 0.717) is 18.8 Å². The van der Waals surface area contributed by atoms with E-state index in [2.05, 4.69) is 5.32 Å². The number of carbonyl (C=O) groups is 2. The minimum Gasteiger partial charge on any atom is -0.481 e. The highest BCUT2D eigenvalue weighted by atomic mass is 19.1. The van der Waals surface area contributed by atoms with E-state index < -0.39 is 29.8 Å². The van der Waals surface area contributed by atoms with Crippen LogP contribution in [0.1, 0.15) is 18.0 Å². The van der Waals surface area contributed by atoms with Crippen molar-refractivity contribution in [2.45, 2.75) is 18.6 Å². The number of halogens is 1. The summed E-state index contributed by atoms with van der Waals surface area (Å²) in [5, 5.41) is 11.5. The molecule has 1 amide bonds. The molecule has 0 radical (unpaired) electrons. The van der Waals surface area contributed by atoms with Gasteiger partial charge in [-0.1, -0.05) is 12.1 Å². The minimum atomic E-state index is -1.06. The fourth-order valence-electron chi connectivity index (χ4n) is 2.03. The second-order valence-corrected chi connectivity index (χ2v) is 4.64. The van der Waals surface area contributed by atoms with Crippen molar-refractivity contribution in [2.24, 2.45) is 0 Å². The van der Waals surface area contributed by atoms with Gasteiger partial charge in [0, 0.05) is 0 Å². The monoisotopic (exact) mass is 297 g/mol. The maximum Gasteiger partial charge on any atom is 0.305 e. The predicted molar refractivity (Wildman–Crippen MR) is 70.1 cm³/mol. The van der Waals surface area contributed by atoms with Gasteiger partial charge in [0.25, 0.3) is 5.91 Å². The zero-order chi connectivity index (χ0) is 15.2. The second-order valence-electron chi connectivity index (χ2n) is 4.64.